The van der Waals surface area contributed by atoms with E-state index < -0.39 is 0 Å². The molecule has 1 aromatic heterocycles. The molecule has 2 aromatic rings. The third kappa shape index (κ3) is 4.42. The Hall–Kier alpha value is -2.24. The van der Waals surface area contributed by atoms with Crippen molar-refractivity contribution in [1.29, 1.82) is 0 Å². The monoisotopic (exact) mass is 405 g/mol. The molecule has 0 unspecified atom stereocenters. The molecule has 1 amide bonds. The van der Waals surface area contributed by atoms with Crippen LogP contribution in [0.2, 0.25) is 0 Å². The largest absolute Gasteiger partial charge is 0.366 e. The van der Waals surface area contributed by atoms with Crippen molar-refractivity contribution < 1.29 is 9.53 Å². The van der Waals surface area contributed by atoms with Crippen LogP contribution in [0.1, 0.15) is 48.8 Å². The average molecular weight is 406 g/mol. The van der Waals surface area contributed by atoms with Crippen molar-refractivity contribution in [3.05, 3.63) is 65.5 Å². The number of nitrogens with one attached hydrogen (secondary N) is 1. The summed E-state index contributed by atoms with van der Waals surface area (Å²) in [7, 11) is 0. The minimum absolute atomic E-state index is 0.0380. The van der Waals surface area contributed by atoms with Gasteiger partial charge in [0.15, 0.2) is 0 Å². The number of benzene rings is 1. The third-order valence-corrected chi connectivity index (χ3v) is 6.84. The fraction of sp³-hybridized carbons (Fsp3) is 0.520. The number of fused-ring (bicyclic) bond motifs is 2. The molecule has 1 aromatic carbocycles. The van der Waals surface area contributed by atoms with Crippen molar-refractivity contribution in [2.75, 3.05) is 19.6 Å². The Morgan fingerprint density at radius 1 is 1.17 bits per heavy atom. The Morgan fingerprint density at radius 3 is 2.77 bits per heavy atom. The molecule has 0 bridgehead atoms. The highest BCUT2D eigenvalue weighted by Gasteiger charge is 2.43. The Kier molecular flexibility index (Phi) is 5.57. The number of aromatic nitrogens is 1. The van der Waals surface area contributed by atoms with Crippen LogP contribution in [0.25, 0.3) is 0 Å². The van der Waals surface area contributed by atoms with Crippen molar-refractivity contribution in [1.82, 2.24) is 15.2 Å². The van der Waals surface area contributed by atoms with Gasteiger partial charge in [-0.25, -0.2) is 0 Å². The van der Waals surface area contributed by atoms with E-state index in [1.54, 1.807) is 0 Å². The second-order valence-electron chi connectivity index (χ2n) is 9.18. The lowest BCUT2D eigenvalue weighted by molar-refractivity contribution is -0.150. The molecule has 1 atom stereocenters. The molecule has 30 heavy (non-hydrogen) atoms. The molecule has 5 rings (SSSR count). The van der Waals surface area contributed by atoms with Crippen molar-refractivity contribution >= 4 is 5.91 Å². The van der Waals surface area contributed by atoms with Crippen LogP contribution in [0.3, 0.4) is 0 Å². The third-order valence-electron chi connectivity index (χ3n) is 6.84. The zero-order chi connectivity index (χ0) is 20.4. The summed E-state index contributed by atoms with van der Waals surface area (Å²) in [6, 6.07) is 12.8. The van der Waals surface area contributed by atoms with Gasteiger partial charge in [0, 0.05) is 38.6 Å². The van der Waals surface area contributed by atoms with Gasteiger partial charge in [0.2, 0.25) is 5.91 Å². The summed E-state index contributed by atoms with van der Waals surface area (Å²) < 4.78 is 6.73. The van der Waals surface area contributed by atoms with E-state index in [2.05, 4.69) is 45.5 Å². The molecule has 3 heterocycles. The van der Waals surface area contributed by atoms with Gasteiger partial charge in [-0.2, -0.15) is 0 Å². The maximum Gasteiger partial charge on any atom is 0.222 e. The Bertz CT molecular complexity index is 873. The lowest BCUT2D eigenvalue weighted by Crippen LogP contribution is -2.49. The maximum absolute atomic E-state index is 12.5. The summed E-state index contributed by atoms with van der Waals surface area (Å²) >= 11 is 0. The zero-order valence-electron chi connectivity index (χ0n) is 17.6. The molecule has 1 aliphatic carbocycles. The topological polar surface area (TPSA) is 54.5 Å². The number of carbonyl (C=O) groups is 1. The number of likely N-dealkylation sites (tertiary alicyclic amines) is 1. The number of hydrogen-bond donors (Lipinski definition) is 1. The first-order valence-corrected chi connectivity index (χ1v) is 11.3. The first-order valence-electron chi connectivity index (χ1n) is 11.3. The van der Waals surface area contributed by atoms with Crippen LogP contribution in [-0.4, -0.2) is 41.5 Å². The second-order valence-corrected chi connectivity index (χ2v) is 9.18. The Morgan fingerprint density at radius 2 is 2.00 bits per heavy atom. The zero-order valence-corrected chi connectivity index (χ0v) is 17.6. The van der Waals surface area contributed by atoms with Crippen LogP contribution < -0.4 is 5.32 Å². The number of amides is 1. The van der Waals surface area contributed by atoms with Crippen molar-refractivity contribution in [3.8, 4) is 0 Å². The van der Waals surface area contributed by atoms with Gasteiger partial charge in [0.1, 0.15) is 0 Å². The lowest BCUT2D eigenvalue weighted by Gasteiger charge is -2.47. The molecule has 1 N–H and O–H groups in total. The second kappa shape index (κ2) is 8.48. The quantitative estimate of drug-likeness (QED) is 0.800. The molecule has 2 fully saturated rings. The molecular weight excluding hydrogens is 374 g/mol. The SMILES string of the molecule is O=C(C[C@H]1Cc2ccccc2C2(CCN(Cc3cccnc3)CC2)O1)NCC1CC1. The summed E-state index contributed by atoms with van der Waals surface area (Å²) in [5.74, 6) is 0.841. The Balaban J connectivity index is 1.26. The molecule has 158 valence electrons. The first kappa shape index (κ1) is 19.7. The van der Waals surface area contributed by atoms with E-state index in [0.29, 0.717) is 12.3 Å². The molecule has 1 saturated carbocycles. The number of pyridine rings is 1. The van der Waals surface area contributed by atoms with E-state index in [1.807, 2.05) is 18.5 Å². The van der Waals surface area contributed by atoms with E-state index in [4.69, 9.17) is 4.74 Å². The fourth-order valence-corrected chi connectivity index (χ4v) is 4.99. The van der Waals surface area contributed by atoms with Gasteiger partial charge < -0.3 is 10.1 Å². The van der Waals surface area contributed by atoms with Crippen LogP contribution >= 0.6 is 0 Å². The summed E-state index contributed by atoms with van der Waals surface area (Å²) in [5.41, 5.74) is 3.68. The van der Waals surface area contributed by atoms with E-state index in [1.165, 1.54) is 29.5 Å². The van der Waals surface area contributed by atoms with Crippen LogP contribution in [-0.2, 0) is 28.1 Å². The summed E-state index contributed by atoms with van der Waals surface area (Å²) in [6.45, 7) is 3.74. The number of ether oxygens (including phenoxy) is 1. The minimum Gasteiger partial charge on any atom is -0.366 e. The molecule has 2 aliphatic heterocycles. The standard InChI is InChI=1S/C25H31N3O2/c29-24(27-17-19-7-8-19)15-22-14-21-5-1-2-6-23(21)25(30-22)9-12-28(13-10-25)18-20-4-3-11-26-16-20/h1-6,11,16,19,22H,7-10,12-15,17-18H2,(H,27,29)/t22-/m1/s1. The molecule has 3 aliphatic rings. The van der Waals surface area contributed by atoms with Gasteiger partial charge in [-0.05, 0) is 60.8 Å². The van der Waals surface area contributed by atoms with Crippen LogP contribution in [0.4, 0.5) is 0 Å². The van der Waals surface area contributed by atoms with Gasteiger partial charge in [-0.3, -0.25) is 14.7 Å². The van der Waals surface area contributed by atoms with Gasteiger partial charge >= 0.3 is 0 Å². The summed E-state index contributed by atoms with van der Waals surface area (Å²) in [4.78, 5) is 19.2. The van der Waals surface area contributed by atoms with Gasteiger partial charge in [0.05, 0.1) is 18.1 Å². The van der Waals surface area contributed by atoms with Crippen molar-refractivity contribution in [3.63, 3.8) is 0 Å². The van der Waals surface area contributed by atoms with E-state index in [-0.39, 0.29) is 17.6 Å². The molecule has 5 nitrogen and oxygen atoms in total. The average Bonchev–Trinajstić information content (AvgIpc) is 3.60. The lowest BCUT2D eigenvalue weighted by atomic mass is 9.77. The van der Waals surface area contributed by atoms with Crippen LogP contribution in [0.5, 0.6) is 0 Å². The van der Waals surface area contributed by atoms with Gasteiger partial charge in [-0.1, -0.05) is 30.3 Å². The van der Waals surface area contributed by atoms with Gasteiger partial charge in [-0.15, -0.1) is 0 Å². The highest BCUT2D eigenvalue weighted by Crippen LogP contribution is 2.44. The normalized spacial score (nSPS) is 23.1. The molecule has 5 heteroatoms. The van der Waals surface area contributed by atoms with E-state index in [9.17, 15) is 4.79 Å². The van der Waals surface area contributed by atoms with E-state index >= 15 is 0 Å². The van der Waals surface area contributed by atoms with Crippen molar-refractivity contribution in [2.24, 2.45) is 5.92 Å². The predicted molar refractivity (Wildman–Crippen MR) is 116 cm³/mol. The summed E-state index contributed by atoms with van der Waals surface area (Å²) in [6.07, 6.45) is 9.46. The number of rotatable bonds is 6. The van der Waals surface area contributed by atoms with Crippen LogP contribution in [0.15, 0.2) is 48.8 Å². The smallest absolute Gasteiger partial charge is 0.222 e. The van der Waals surface area contributed by atoms with E-state index in [0.717, 1.165) is 45.4 Å². The summed E-state index contributed by atoms with van der Waals surface area (Å²) in [5, 5.41) is 3.11. The predicted octanol–water partition coefficient (Wildman–Crippen LogP) is 3.43. The van der Waals surface area contributed by atoms with Gasteiger partial charge in [0.25, 0.3) is 0 Å². The Labute approximate surface area is 178 Å². The maximum atomic E-state index is 12.5. The number of nitrogens with zero attached hydrogens (tertiary/aromatic N) is 2. The minimum atomic E-state index is -0.262. The molecule has 1 spiro atoms. The highest BCUT2D eigenvalue weighted by atomic mass is 16.5. The fourth-order valence-electron chi connectivity index (χ4n) is 4.99. The molecular formula is C25H31N3O2. The number of carbonyl (C=O) groups excluding carboxylic acids is 1. The van der Waals surface area contributed by atoms with Crippen molar-refractivity contribution in [2.45, 2.75) is 56.8 Å². The highest BCUT2D eigenvalue weighted by molar-refractivity contribution is 5.76. The number of hydrogen-bond acceptors (Lipinski definition) is 4. The molecule has 1 saturated heterocycles. The molecule has 0 radical (unpaired) electrons. The van der Waals surface area contributed by atoms with Crippen LogP contribution in [0, 0.1) is 5.92 Å². The first-order chi connectivity index (χ1) is 14.7. The number of piperidine rings is 1.